The van der Waals surface area contributed by atoms with E-state index in [9.17, 15) is 19.8 Å². The predicted octanol–water partition coefficient (Wildman–Crippen LogP) is 2.37. The number of rotatable bonds is 8. The van der Waals surface area contributed by atoms with Crippen molar-refractivity contribution in [1.82, 2.24) is 14.6 Å². The van der Waals surface area contributed by atoms with Gasteiger partial charge in [-0.25, -0.2) is 0 Å². The lowest BCUT2D eigenvalue weighted by atomic mass is 10.0. The Balaban J connectivity index is 1.57. The number of amides is 1. The third-order valence-electron chi connectivity index (χ3n) is 6.75. The molecule has 1 aliphatic heterocycles. The van der Waals surface area contributed by atoms with Crippen LogP contribution in [0.3, 0.4) is 0 Å². The molecule has 0 saturated carbocycles. The molecule has 1 aliphatic rings. The molecule has 4 aromatic rings. The van der Waals surface area contributed by atoms with Crippen LogP contribution in [0.25, 0.3) is 16.3 Å². The Bertz CT molecular complexity index is 1430. The lowest BCUT2D eigenvalue weighted by Gasteiger charge is -2.26. The topological polar surface area (TPSA) is 104 Å². The van der Waals surface area contributed by atoms with Crippen LogP contribution in [0.2, 0.25) is 5.02 Å². The number of aliphatic hydroxyl groups excluding tert-OH is 2. The van der Waals surface area contributed by atoms with Gasteiger partial charge in [-0.2, -0.15) is 0 Å². The maximum atomic E-state index is 13.6. The van der Waals surface area contributed by atoms with Gasteiger partial charge in [0.25, 0.3) is 5.91 Å². The van der Waals surface area contributed by atoms with Gasteiger partial charge in [-0.15, -0.1) is 0 Å². The van der Waals surface area contributed by atoms with Crippen LogP contribution in [0, 0.1) is 0 Å². The first-order chi connectivity index (χ1) is 17.5. The number of carbonyl (C=O) groups is 1. The summed E-state index contributed by atoms with van der Waals surface area (Å²) < 4.78 is 7.21. The number of benzene rings is 2. The van der Waals surface area contributed by atoms with Crippen molar-refractivity contribution in [3.8, 4) is 0 Å². The van der Waals surface area contributed by atoms with Gasteiger partial charge >= 0.3 is 0 Å². The number of hydrogen-bond acceptors (Lipinski definition) is 6. The molecule has 0 spiro atoms. The van der Waals surface area contributed by atoms with Gasteiger partial charge in [0.1, 0.15) is 5.56 Å². The maximum absolute atomic E-state index is 13.6. The average molecular weight is 510 g/mol. The predicted molar refractivity (Wildman–Crippen MR) is 138 cm³/mol. The van der Waals surface area contributed by atoms with Crippen molar-refractivity contribution < 1.29 is 19.7 Å². The fourth-order valence-electron chi connectivity index (χ4n) is 4.81. The van der Waals surface area contributed by atoms with E-state index in [1.807, 2.05) is 30.3 Å². The molecule has 5 rings (SSSR count). The van der Waals surface area contributed by atoms with Crippen LogP contribution in [0.5, 0.6) is 0 Å². The molecule has 0 unspecified atom stereocenters. The molecular formula is C27H28ClN3O5. The van der Waals surface area contributed by atoms with Crippen molar-refractivity contribution in [2.24, 2.45) is 0 Å². The first-order valence-corrected chi connectivity index (χ1v) is 12.3. The van der Waals surface area contributed by atoms with Gasteiger partial charge in [0.05, 0.1) is 31.9 Å². The van der Waals surface area contributed by atoms with E-state index in [1.165, 1.54) is 6.20 Å². The molecule has 0 aliphatic carbocycles. The van der Waals surface area contributed by atoms with Gasteiger partial charge < -0.3 is 24.7 Å². The van der Waals surface area contributed by atoms with E-state index >= 15 is 0 Å². The van der Waals surface area contributed by atoms with Gasteiger partial charge in [0.2, 0.25) is 5.43 Å². The number of morpholine rings is 1. The molecule has 188 valence electrons. The Hall–Kier alpha value is -3.01. The highest BCUT2D eigenvalue weighted by Gasteiger charge is 2.23. The fourth-order valence-corrected chi connectivity index (χ4v) is 4.94. The van der Waals surface area contributed by atoms with E-state index in [0.717, 1.165) is 29.6 Å². The van der Waals surface area contributed by atoms with E-state index in [-0.39, 0.29) is 30.8 Å². The molecule has 0 atom stereocenters. The third-order valence-corrected chi connectivity index (χ3v) is 7.00. The summed E-state index contributed by atoms with van der Waals surface area (Å²) >= 11 is 5.94. The molecule has 1 fully saturated rings. The second-order valence-corrected chi connectivity index (χ2v) is 9.59. The molecule has 1 saturated heterocycles. The summed E-state index contributed by atoms with van der Waals surface area (Å²) in [6, 6.07) is 12.9. The average Bonchev–Trinajstić information content (AvgIpc) is 3.25. The molecule has 9 heteroatoms. The largest absolute Gasteiger partial charge is 0.396 e. The zero-order chi connectivity index (χ0) is 25.2. The summed E-state index contributed by atoms with van der Waals surface area (Å²) in [4.78, 5) is 29.0. The monoisotopic (exact) mass is 509 g/mol. The first-order valence-electron chi connectivity index (χ1n) is 12.0. The Morgan fingerprint density at radius 1 is 1.06 bits per heavy atom. The molecule has 36 heavy (non-hydrogen) atoms. The summed E-state index contributed by atoms with van der Waals surface area (Å²) in [5.74, 6) is -1.03. The van der Waals surface area contributed by atoms with E-state index in [2.05, 4.69) is 10.2 Å². The molecular weight excluding hydrogens is 482 g/mol. The van der Waals surface area contributed by atoms with Crippen LogP contribution in [0.4, 0.5) is 0 Å². The van der Waals surface area contributed by atoms with E-state index in [4.69, 9.17) is 16.3 Å². The molecule has 0 bridgehead atoms. The second kappa shape index (κ2) is 10.5. The van der Waals surface area contributed by atoms with Crippen LogP contribution in [-0.2, 0) is 17.8 Å². The molecule has 2 aromatic carbocycles. The van der Waals surface area contributed by atoms with E-state index in [1.54, 1.807) is 16.5 Å². The van der Waals surface area contributed by atoms with Crippen molar-refractivity contribution in [3.63, 3.8) is 0 Å². The quantitative estimate of drug-likeness (QED) is 0.337. The lowest BCUT2D eigenvalue weighted by Crippen LogP contribution is -2.35. The minimum atomic E-state index is -0.546. The smallest absolute Gasteiger partial charge is 0.257 e. The number of aromatic nitrogens is 1. The molecule has 3 N–H and O–H groups in total. The summed E-state index contributed by atoms with van der Waals surface area (Å²) in [5, 5.41) is 24.4. The number of aliphatic hydroxyl groups is 2. The van der Waals surface area contributed by atoms with Crippen LogP contribution in [-0.4, -0.2) is 64.9 Å². The van der Waals surface area contributed by atoms with Crippen LogP contribution in [0.15, 0.2) is 53.5 Å². The van der Waals surface area contributed by atoms with Gasteiger partial charge in [0.15, 0.2) is 0 Å². The minimum absolute atomic E-state index is 0.00775. The molecule has 1 amide bonds. The number of halogens is 1. The SMILES string of the molecule is O=C(NCc1ccc(Cl)cc1)c1cn2c(C(CO)CO)cc3cc(CN4CCOCC4)cc(c1=O)c32. The number of pyridine rings is 1. The zero-order valence-electron chi connectivity index (χ0n) is 19.7. The number of nitrogens with zero attached hydrogens (tertiary/aromatic N) is 2. The van der Waals surface area contributed by atoms with Gasteiger partial charge in [-0.3, -0.25) is 14.5 Å². The summed E-state index contributed by atoms with van der Waals surface area (Å²) in [6.07, 6.45) is 1.52. The van der Waals surface area contributed by atoms with Crippen molar-refractivity contribution in [3.05, 3.63) is 86.3 Å². The van der Waals surface area contributed by atoms with Gasteiger partial charge in [0, 0.05) is 59.8 Å². The van der Waals surface area contributed by atoms with Gasteiger partial charge in [-0.1, -0.05) is 23.7 Å². The summed E-state index contributed by atoms with van der Waals surface area (Å²) in [5.41, 5.74) is 2.81. The van der Waals surface area contributed by atoms with Crippen LogP contribution >= 0.6 is 11.6 Å². The number of ether oxygens (including phenoxy) is 1. The Morgan fingerprint density at radius 3 is 2.47 bits per heavy atom. The minimum Gasteiger partial charge on any atom is -0.396 e. The lowest BCUT2D eigenvalue weighted by molar-refractivity contribution is 0.0342. The Morgan fingerprint density at radius 2 is 1.78 bits per heavy atom. The number of hydrogen-bond donors (Lipinski definition) is 3. The van der Waals surface area contributed by atoms with Crippen LogP contribution in [0.1, 0.15) is 33.1 Å². The van der Waals surface area contributed by atoms with E-state index in [0.29, 0.717) is 41.4 Å². The highest BCUT2D eigenvalue weighted by atomic mass is 35.5. The molecule has 0 radical (unpaired) electrons. The number of nitrogens with one attached hydrogen (secondary N) is 1. The highest BCUT2D eigenvalue weighted by molar-refractivity contribution is 6.30. The maximum Gasteiger partial charge on any atom is 0.257 e. The molecule has 8 nitrogen and oxygen atoms in total. The van der Waals surface area contributed by atoms with Crippen molar-refractivity contribution >= 4 is 33.8 Å². The molecule has 2 aromatic heterocycles. The standard InChI is InChI=1S/C27H28ClN3O5/c28-21-3-1-17(2-4-21)12-29-27(35)23-14-31-24(20(15-32)16-33)11-19-9-18(10-22(25(19)31)26(23)34)13-30-5-7-36-8-6-30/h1-4,9-11,14,20,32-33H,5-8,12-13,15-16H2,(H,29,35). The third kappa shape index (κ3) is 4.83. The van der Waals surface area contributed by atoms with Crippen molar-refractivity contribution in [2.75, 3.05) is 39.5 Å². The zero-order valence-corrected chi connectivity index (χ0v) is 20.5. The normalized spacial score (nSPS) is 14.8. The summed E-state index contributed by atoms with van der Waals surface area (Å²) in [7, 11) is 0. The Labute approximate surface area is 213 Å². The van der Waals surface area contributed by atoms with E-state index < -0.39 is 11.8 Å². The summed E-state index contributed by atoms with van der Waals surface area (Å²) in [6.45, 7) is 3.34. The Kier molecular flexibility index (Phi) is 7.22. The highest BCUT2D eigenvalue weighted by Crippen LogP contribution is 2.30. The van der Waals surface area contributed by atoms with Gasteiger partial charge in [-0.05, 0) is 41.5 Å². The fraction of sp³-hybridized carbons (Fsp3) is 0.333. The number of carbonyl (C=O) groups excluding carboxylic acids is 1. The molecule has 3 heterocycles. The second-order valence-electron chi connectivity index (χ2n) is 9.15. The van der Waals surface area contributed by atoms with Crippen molar-refractivity contribution in [2.45, 2.75) is 19.0 Å². The van der Waals surface area contributed by atoms with Crippen LogP contribution < -0.4 is 10.7 Å². The van der Waals surface area contributed by atoms with Crippen molar-refractivity contribution in [1.29, 1.82) is 0 Å². The first kappa shape index (κ1) is 24.7.